The van der Waals surface area contributed by atoms with E-state index in [1.807, 2.05) is 19.0 Å². The molecule has 2 rings (SSSR count). The average Bonchev–Trinajstić information content (AvgIpc) is 2.61. The number of hydrogen-bond acceptors (Lipinski definition) is 6. The number of nitrogen functional groups attached to an aromatic ring is 1. The number of nitrogens with zero attached hydrogens (tertiary/aromatic N) is 1. The highest BCUT2D eigenvalue weighted by atomic mass is 32.2. The van der Waals surface area contributed by atoms with Crippen LogP contribution in [-0.2, 0) is 10.0 Å². The number of carbonyl (C=O) groups excluding carboxylic acids is 1. The Labute approximate surface area is 159 Å². The largest absolute Gasteiger partial charge is 0.497 e. The van der Waals surface area contributed by atoms with E-state index in [0.717, 1.165) is 0 Å². The predicted octanol–water partition coefficient (Wildman–Crippen LogP) is 1.37. The van der Waals surface area contributed by atoms with E-state index in [9.17, 15) is 13.2 Å². The van der Waals surface area contributed by atoms with Gasteiger partial charge in [0, 0.05) is 30.0 Å². The molecule has 8 nitrogen and oxygen atoms in total. The molecule has 0 saturated heterocycles. The fourth-order valence-corrected chi connectivity index (χ4v) is 3.41. The molecule has 0 bridgehead atoms. The van der Waals surface area contributed by atoms with Gasteiger partial charge in [0.05, 0.1) is 12.0 Å². The minimum Gasteiger partial charge on any atom is -0.497 e. The lowest BCUT2D eigenvalue weighted by Gasteiger charge is -2.13. The van der Waals surface area contributed by atoms with Gasteiger partial charge >= 0.3 is 0 Å². The number of nitrogens with two attached hydrogens (primary N) is 1. The smallest absolute Gasteiger partial charge is 0.261 e. The fourth-order valence-electron chi connectivity index (χ4n) is 2.28. The van der Waals surface area contributed by atoms with Crippen LogP contribution in [-0.4, -0.2) is 53.5 Å². The Morgan fingerprint density at radius 2 is 1.81 bits per heavy atom. The fraction of sp³-hybridized carbons (Fsp3) is 0.278. The van der Waals surface area contributed by atoms with Crippen LogP contribution in [0, 0.1) is 0 Å². The third-order valence-corrected chi connectivity index (χ3v) is 5.05. The topological polar surface area (TPSA) is 114 Å². The van der Waals surface area contributed by atoms with Gasteiger partial charge in [0.25, 0.3) is 15.9 Å². The number of anilines is 2. The van der Waals surface area contributed by atoms with E-state index in [4.69, 9.17) is 10.5 Å². The van der Waals surface area contributed by atoms with Gasteiger partial charge in [-0.3, -0.25) is 9.52 Å². The van der Waals surface area contributed by atoms with Crippen LogP contribution in [0.15, 0.2) is 47.4 Å². The van der Waals surface area contributed by atoms with E-state index in [-0.39, 0.29) is 22.1 Å². The molecule has 0 fully saturated rings. The summed E-state index contributed by atoms with van der Waals surface area (Å²) in [7, 11) is 1.40. The molecule has 2 aromatic carbocycles. The number of hydrogen-bond donors (Lipinski definition) is 3. The van der Waals surface area contributed by atoms with E-state index in [2.05, 4.69) is 10.0 Å². The highest BCUT2D eigenvalue weighted by molar-refractivity contribution is 7.92. The monoisotopic (exact) mass is 392 g/mol. The second kappa shape index (κ2) is 8.74. The SMILES string of the molecule is COc1ccc(NS(=O)(=O)c2cc(N)cc(C(=O)NCCN(C)C)c2)cc1. The van der Waals surface area contributed by atoms with Gasteiger partial charge in [0.15, 0.2) is 0 Å². The van der Waals surface area contributed by atoms with Crippen LogP contribution in [0.5, 0.6) is 5.75 Å². The first-order valence-corrected chi connectivity index (χ1v) is 9.70. The Morgan fingerprint density at radius 3 is 2.41 bits per heavy atom. The molecule has 0 aliphatic carbocycles. The van der Waals surface area contributed by atoms with Gasteiger partial charge in [-0.05, 0) is 56.6 Å². The van der Waals surface area contributed by atoms with Gasteiger partial charge in [-0.2, -0.15) is 0 Å². The minimum atomic E-state index is -3.90. The van der Waals surface area contributed by atoms with E-state index >= 15 is 0 Å². The van der Waals surface area contributed by atoms with Crippen molar-refractivity contribution in [1.82, 2.24) is 10.2 Å². The van der Waals surface area contributed by atoms with Crippen LogP contribution in [0.4, 0.5) is 11.4 Å². The predicted molar refractivity (Wildman–Crippen MR) is 106 cm³/mol. The summed E-state index contributed by atoms with van der Waals surface area (Å²) in [5.41, 5.74) is 6.55. The summed E-state index contributed by atoms with van der Waals surface area (Å²) in [6.45, 7) is 1.10. The first kappa shape index (κ1) is 20.5. The van der Waals surface area contributed by atoms with Crippen molar-refractivity contribution in [3.05, 3.63) is 48.0 Å². The van der Waals surface area contributed by atoms with Crippen molar-refractivity contribution >= 4 is 27.3 Å². The summed E-state index contributed by atoms with van der Waals surface area (Å²) in [5.74, 6) is 0.226. The Hall–Kier alpha value is -2.78. The lowest BCUT2D eigenvalue weighted by molar-refractivity contribution is 0.0951. The maximum absolute atomic E-state index is 12.7. The minimum absolute atomic E-state index is 0.0870. The van der Waals surface area contributed by atoms with E-state index in [1.54, 1.807) is 24.3 Å². The highest BCUT2D eigenvalue weighted by Crippen LogP contribution is 2.22. The molecule has 0 aromatic heterocycles. The summed E-state index contributed by atoms with van der Waals surface area (Å²) in [6, 6.07) is 10.5. The Morgan fingerprint density at radius 1 is 1.15 bits per heavy atom. The molecule has 27 heavy (non-hydrogen) atoms. The average molecular weight is 392 g/mol. The molecule has 146 valence electrons. The van der Waals surface area contributed by atoms with Gasteiger partial charge in [-0.25, -0.2) is 8.42 Å². The van der Waals surface area contributed by atoms with E-state index in [1.165, 1.54) is 25.3 Å². The first-order valence-electron chi connectivity index (χ1n) is 8.21. The number of nitrogens with one attached hydrogen (secondary N) is 2. The second-order valence-corrected chi connectivity index (χ2v) is 7.87. The molecule has 0 atom stereocenters. The maximum atomic E-state index is 12.7. The van der Waals surface area contributed by atoms with Gasteiger partial charge in [-0.15, -0.1) is 0 Å². The van der Waals surface area contributed by atoms with Crippen LogP contribution in [0.2, 0.25) is 0 Å². The molecular formula is C18H24N4O4S. The molecule has 0 aliphatic rings. The van der Waals surface area contributed by atoms with E-state index in [0.29, 0.717) is 24.5 Å². The van der Waals surface area contributed by atoms with Gasteiger partial charge in [-0.1, -0.05) is 0 Å². The zero-order valence-corrected chi connectivity index (χ0v) is 16.3. The number of benzene rings is 2. The van der Waals surface area contributed by atoms with Crippen molar-refractivity contribution in [2.75, 3.05) is 44.8 Å². The number of methoxy groups -OCH3 is 1. The molecular weight excluding hydrogens is 368 g/mol. The van der Waals surface area contributed by atoms with Gasteiger partial charge in [0.1, 0.15) is 5.75 Å². The second-order valence-electron chi connectivity index (χ2n) is 6.18. The zero-order chi connectivity index (χ0) is 20.0. The molecule has 4 N–H and O–H groups in total. The lowest BCUT2D eigenvalue weighted by atomic mass is 10.2. The van der Waals surface area contributed by atoms with Crippen molar-refractivity contribution < 1.29 is 17.9 Å². The van der Waals surface area contributed by atoms with Gasteiger partial charge < -0.3 is 20.7 Å². The number of carbonyl (C=O) groups is 1. The summed E-state index contributed by atoms with van der Waals surface area (Å²) in [6.07, 6.45) is 0. The van der Waals surface area contributed by atoms with Crippen LogP contribution < -0.4 is 20.5 Å². The summed E-state index contributed by atoms with van der Waals surface area (Å²) in [5, 5.41) is 2.73. The standard InChI is InChI=1S/C18H24N4O4S/c1-22(2)9-8-20-18(23)13-10-14(19)12-17(11-13)27(24,25)21-15-4-6-16(26-3)7-5-15/h4-7,10-12,21H,8-9,19H2,1-3H3,(H,20,23). The highest BCUT2D eigenvalue weighted by Gasteiger charge is 2.18. The van der Waals surface area contributed by atoms with Crippen molar-refractivity contribution in [3.8, 4) is 5.75 Å². The number of ether oxygens (including phenoxy) is 1. The van der Waals surface area contributed by atoms with E-state index < -0.39 is 10.0 Å². The number of rotatable bonds is 8. The number of amides is 1. The molecule has 0 aliphatic heterocycles. The lowest BCUT2D eigenvalue weighted by Crippen LogP contribution is -2.31. The number of sulfonamides is 1. The molecule has 9 heteroatoms. The van der Waals surface area contributed by atoms with Crippen molar-refractivity contribution in [2.24, 2.45) is 0 Å². The molecule has 0 saturated carbocycles. The maximum Gasteiger partial charge on any atom is 0.261 e. The summed E-state index contributed by atoms with van der Waals surface area (Å²) in [4.78, 5) is 14.1. The van der Waals surface area contributed by atoms with Crippen molar-refractivity contribution in [1.29, 1.82) is 0 Å². The third kappa shape index (κ3) is 5.87. The van der Waals surface area contributed by atoms with Crippen LogP contribution in [0.25, 0.3) is 0 Å². The molecule has 0 spiro atoms. The molecule has 0 unspecified atom stereocenters. The quantitative estimate of drug-likeness (QED) is 0.585. The molecule has 0 radical (unpaired) electrons. The van der Waals surface area contributed by atoms with Crippen LogP contribution in [0.3, 0.4) is 0 Å². The van der Waals surface area contributed by atoms with Crippen LogP contribution >= 0.6 is 0 Å². The summed E-state index contributed by atoms with van der Waals surface area (Å²) >= 11 is 0. The molecule has 2 aromatic rings. The van der Waals surface area contributed by atoms with Gasteiger partial charge in [0.2, 0.25) is 0 Å². The molecule has 1 amide bonds. The van der Waals surface area contributed by atoms with Crippen molar-refractivity contribution in [3.63, 3.8) is 0 Å². The number of likely N-dealkylation sites (N-methyl/N-ethyl adjacent to an activating group) is 1. The van der Waals surface area contributed by atoms with Crippen LogP contribution in [0.1, 0.15) is 10.4 Å². The zero-order valence-electron chi connectivity index (χ0n) is 15.5. The summed E-state index contributed by atoms with van der Waals surface area (Å²) < 4.78 is 32.8. The Balaban J connectivity index is 2.20. The molecule has 0 heterocycles. The first-order chi connectivity index (χ1) is 12.7. The van der Waals surface area contributed by atoms with Crippen molar-refractivity contribution in [2.45, 2.75) is 4.90 Å². The Bertz CT molecular complexity index is 896. The normalized spacial score (nSPS) is 11.3. The Kier molecular flexibility index (Phi) is 6.65. The third-order valence-electron chi connectivity index (χ3n) is 3.69.